The highest BCUT2D eigenvalue weighted by Gasteiger charge is 2.29. The Labute approximate surface area is 160 Å². The number of aliphatic imine (C=N–C) groups is 1. The summed E-state index contributed by atoms with van der Waals surface area (Å²) in [4.78, 5) is 40.0. The topological polar surface area (TPSA) is 186 Å². The van der Waals surface area contributed by atoms with Crippen LogP contribution in [0.15, 0.2) is 4.99 Å². The van der Waals surface area contributed by atoms with E-state index in [9.17, 15) is 19.5 Å². The first-order chi connectivity index (χ1) is 12.5. The van der Waals surface area contributed by atoms with Crippen molar-refractivity contribution in [2.75, 3.05) is 6.54 Å². The molecule has 27 heavy (non-hydrogen) atoms. The number of rotatable bonds is 12. The first kappa shape index (κ1) is 24.6. The Balaban J connectivity index is 5.09. The average Bonchev–Trinajstić information content (AvgIpc) is 2.53. The molecular weight excluding hydrogens is 352 g/mol. The van der Waals surface area contributed by atoms with Gasteiger partial charge in [0.05, 0.1) is 6.04 Å². The Bertz CT molecular complexity index is 532. The van der Waals surface area contributed by atoms with E-state index in [1.54, 1.807) is 13.8 Å². The van der Waals surface area contributed by atoms with Gasteiger partial charge in [-0.2, -0.15) is 0 Å². The standard InChI is InChI=1S/C17H34N6O4/c1-9(2)8-11(18)14(24)22-12(6-5-7-21-17(19)20)15(25)23-13(10(3)4)16(26)27/h9-13H,5-8,18H2,1-4H3,(H,22,24)(H,23,25)(H,26,27)(H4,19,20,21)/t11-,12-,13-/m0/s1. The van der Waals surface area contributed by atoms with Crippen LogP contribution in [0.2, 0.25) is 0 Å². The van der Waals surface area contributed by atoms with Crippen LogP contribution in [0, 0.1) is 11.8 Å². The average molecular weight is 386 g/mol. The van der Waals surface area contributed by atoms with Gasteiger partial charge in [0.25, 0.3) is 0 Å². The number of nitrogens with two attached hydrogens (primary N) is 3. The van der Waals surface area contributed by atoms with Crippen molar-refractivity contribution in [3.05, 3.63) is 0 Å². The van der Waals surface area contributed by atoms with Crippen LogP contribution in [0.4, 0.5) is 0 Å². The van der Waals surface area contributed by atoms with Crippen LogP contribution in [0.25, 0.3) is 0 Å². The van der Waals surface area contributed by atoms with Crippen molar-refractivity contribution in [1.29, 1.82) is 0 Å². The number of nitrogens with one attached hydrogen (secondary N) is 2. The summed E-state index contributed by atoms with van der Waals surface area (Å²) in [5.74, 6) is -2.33. The first-order valence-corrected chi connectivity index (χ1v) is 9.10. The van der Waals surface area contributed by atoms with Gasteiger partial charge in [-0.1, -0.05) is 27.7 Å². The zero-order valence-corrected chi connectivity index (χ0v) is 16.6. The number of carboxylic acids is 1. The molecule has 0 saturated heterocycles. The second-order valence-electron chi connectivity index (χ2n) is 7.31. The maximum absolute atomic E-state index is 12.6. The van der Waals surface area contributed by atoms with E-state index in [4.69, 9.17) is 17.2 Å². The molecule has 0 unspecified atom stereocenters. The van der Waals surface area contributed by atoms with E-state index in [0.29, 0.717) is 12.8 Å². The molecule has 0 saturated carbocycles. The highest BCUT2D eigenvalue weighted by Crippen LogP contribution is 2.07. The van der Waals surface area contributed by atoms with Crippen LogP contribution in [-0.2, 0) is 14.4 Å². The van der Waals surface area contributed by atoms with E-state index < -0.39 is 35.9 Å². The van der Waals surface area contributed by atoms with Crippen molar-refractivity contribution >= 4 is 23.7 Å². The molecule has 0 bridgehead atoms. The molecule has 0 aromatic rings. The zero-order valence-electron chi connectivity index (χ0n) is 16.6. The molecule has 0 aliphatic rings. The third kappa shape index (κ3) is 10.4. The number of amides is 2. The highest BCUT2D eigenvalue weighted by molar-refractivity contribution is 5.91. The molecule has 0 aliphatic carbocycles. The molecule has 10 heteroatoms. The maximum Gasteiger partial charge on any atom is 0.326 e. The fourth-order valence-corrected chi connectivity index (χ4v) is 2.43. The lowest BCUT2D eigenvalue weighted by Crippen LogP contribution is -2.55. The number of carbonyl (C=O) groups excluding carboxylic acids is 2. The van der Waals surface area contributed by atoms with Gasteiger partial charge in [0.15, 0.2) is 5.96 Å². The predicted molar refractivity (Wildman–Crippen MR) is 104 cm³/mol. The smallest absolute Gasteiger partial charge is 0.326 e. The summed E-state index contributed by atoms with van der Waals surface area (Å²) < 4.78 is 0. The Morgan fingerprint density at radius 2 is 1.63 bits per heavy atom. The highest BCUT2D eigenvalue weighted by atomic mass is 16.4. The minimum absolute atomic E-state index is 0.0651. The molecule has 0 aliphatic heterocycles. The summed E-state index contributed by atoms with van der Waals surface area (Å²) in [5.41, 5.74) is 16.4. The third-order valence-electron chi connectivity index (χ3n) is 3.87. The van der Waals surface area contributed by atoms with Crippen molar-refractivity contribution in [3.63, 3.8) is 0 Å². The number of hydrogen-bond donors (Lipinski definition) is 6. The molecule has 0 radical (unpaired) electrons. The quantitative estimate of drug-likeness (QED) is 0.143. The van der Waals surface area contributed by atoms with Crippen LogP contribution in [0.1, 0.15) is 47.0 Å². The molecule has 0 rings (SSSR count). The molecule has 10 nitrogen and oxygen atoms in total. The van der Waals surface area contributed by atoms with E-state index in [-0.39, 0.29) is 30.8 Å². The molecule has 156 valence electrons. The summed E-state index contributed by atoms with van der Waals surface area (Å²) in [7, 11) is 0. The van der Waals surface area contributed by atoms with Gasteiger partial charge >= 0.3 is 5.97 Å². The zero-order chi connectivity index (χ0) is 21.1. The molecule has 3 atom stereocenters. The second kappa shape index (κ2) is 12.1. The number of carbonyl (C=O) groups is 3. The van der Waals surface area contributed by atoms with Crippen molar-refractivity contribution in [2.24, 2.45) is 34.0 Å². The predicted octanol–water partition coefficient (Wildman–Crippen LogP) is -0.876. The van der Waals surface area contributed by atoms with Gasteiger partial charge in [0.2, 0.25) is 11.8 Å². The Hall–Kier alpha value is -2.36. The van der Waals surface area contributed by atoms with Gasteiger partial charge in [-0.15, -0.1) is 0 Å². The molecule has 0 spiro atoms. The Morgan fingerprint density at radius 3 is 2.07 bits per heavy atom. The normalized spacial score (nSPS) is 14.3. The van der Waals surface area contributed by atoms with Crippen LogP contribution >= 0.6 is 0 Å². The molecule has 9 N–H and O–H groups in total. The number of hydrogen-bond acceptors (Lipinski definition) is 5. The Morgan fingerprint density at radius 1 is 1.04 bits per heavy atom. The van der Waals surface area contributed by atoms with Crippen molar-refractivity contribution < 1.29 is 19.5 Å². The minimum atomic E-state index is -1.14. The number of carboxylic acid groups (broad SMARTS) is 1. The lowest BCUT2D eigenvalue weighted by Gasteiger charge is -2.24. The van der Waals surface area contributed by atoms with E-state index >= 15 is 0 Å². The van der Waals surface area contributed by atoms with Crippen LogP contribution in [-0.4, -0.2) is 53.5 Å². The van der Waals surface area contributed by atoms with Gasteiger partial charge in [0, 0.05) is 6.54 Å². The largest absolute Gasteiger partial charge is 0.480 e. The first-order valence-electron chi connectivity index (χ1n) is 9.10. The summed E-state index contributed by atoms with van der Waals surface area (Å²) in [6, 6.07) is -2.73. The molecule has 0 aromatic heterocycles. The monoisotopic (exact) mass is 386 g/mol. The van der Waals surface area contributed by atoms with Gasteiger partial charge in [-0.3, -0.25) is 14.6 Å². The fourth-order valence-electron chi connectivity index (χ4n) is 2.43. The molecule has 2 amide bonds. The lowest BCUT2D eigenvalue weighted by atomic mass is 10.0. The summed E-state index contributed by atoms with van der Waals surface area (Å²) in [5, 5.41) is 14.3. The number of guanidine groups is 1. The number of nitrogens with zero attached hydrogens (tertiary/aromatic N) is 1. The van der Waals surface area contributed by atoms with E-state index in [1.807, 2.05) is 13.8 Å². The van der Waals surface area contributed by atoms with Crippen LogP contribution in [0.5, 0.6) is 0 Å². The molecular formula is C17H34N6O4. The van der Waals surface area contributed by atoms with Crippen molar-refractivity contribution in [1.82, 2.24) is 10.6 Å². The van der Waals surface area contributed by atoms with E-state index in [1.165, 1.54) is 0 Å². The number of aliphatic carboxylic acids is 1. The third-order valence-corrected chi connectivity index (χ3v) is 3.87. The van der Waals surface area contributed by atoms with Gasteiger partial charge in [-0.25, -0.2) is 4.79 Å². The fraction of sp³-hybridized carbons (Fsp3) is 0.765. The van der Waals surface area contributed by atoms with Crippen LogP contribution in [0.3, 0.4) is 0 Å². The maximum atomic E-state index is 12.6. The van der Waals surface area contributed by atoms with Crippen LogP contribution < -0.4 is 27.8 Å². The summed E-state index contributed by atoms with van der Waals surface area (Å²) in [6.07, 6.45) is 1.14. The molecule has 0 heterocycles. The van der Waals surface area contributed by atoms with Gasteiger partial charge in [0.1, 0.15) is 12.1 Å². The van der Waals surface area contributed by atoms with Gasteiger partial charge < -0.3 is 32.9 Å². The van der Waals surface area contributed by atoms with Crippen molar-refractivity contribution in [2.45, 2.75) is 65.1 Å². The second-order valence-corrected chi connectivity index (χ2v) is 7.31. The van der Waals surface area contributed by atoms with E-state index in [2.05, 4.69) is 15.6 Å². The summed E-state index contributed by atoms with van der Waals surface area (Å²) in [6.45, 7) is 7.53. The molecule has 0 fully saturated rings. The SMILES string of the molecule is CC(C)C[C@H](N)C(=O)N[C@@H](CCCN=C(N)N)C(=O)N[C@H](C(=O)O)C(C)C. The summed E-state index contributed by atoms with van der Waals surface area (Å²) >= 11 is 0. The molecule has 0 aromatic carbocycles. The van der Waals surface area contributed by atoms with Gasteiger partial charge in [-0.05, 0) is 31.1 Å². The lowest BCUT2D eigenvalue weighted by molar-refractivity contribution is -0.143. The van der Waals surface area contributed by atoms with Crippen molar-refractivity contribution in [3.8, 4) is 0 Å². The van der Waals surface area contributed by atoms with E-state index in [0.717, 1.165) is 0 Å². The minimum Gasteiger partial charge on any atom is -0.480 e. The Kier molecular flexibility index (Phi) is 11.0.